The normalized spacial score (nSPS) is 20.9. The van der Waals surface area contributed by atoms with Gasteiger partial charge >= 0.3 is 6.09 Å². The molecule has 2 unspecified atom stereocenters. The van der Waals surface area contributed by atoms with E-state index in [2.05, 4.69) is 13.7 Å². The Balaban J connectivity index is 1.70. The molecule has 0 bridgehead atoms. The molecule has 2 aromatic heterocycles. The fourth-order valence-corrected chi connectivity index (χ4v) is 3.48. The predicted molar refractivity (Wildman–Crippen MR) is 89.5 cm³/mol. The van der Waals surface area contributed by atoms with Crippen LogP contribution in [0.3, 0.4) is 0 Å². The average molecular weight is 349 g/mol. The summed E-state index contributed by atoms with van der Waals surface area (Å²) in [5.74, 6) is 1.16. The Morgan fingerprint density at radius 3 is 2.58 bits per heavy atom. The van der Waals surface area contributed by atoms with Crippen LogP contribution in [0.5, 0.6) is 5.88 Å². The third-order valence-corrected chi connectivity index (χ3v) is 4.51. The number of aromatic nitrogens is 3. The van der Waals surface area contributed by atoms with E-state index in [4.69, 9.17) is 4.74 Å². The standard InChI is InChI=1S/C15H19N5O3S/c1-10-7-19(8-11(2)20(10)15(21)22)13-14(18-24-17-13)23-9-12-3-5-16-6-4-12/h3-6,10-11H,7-9H2,1-2H3,(H,21,22). The predicted octanol–water partition coefficient (Wildman–Crippen LogP) is 2.09. The minimum atomic E-state index is -0.889. The lowest BCUT2D eigenvalue weighted by Crippen LogP contribution is -2.58. The quantitative estimate of drug-likeness (QED) is 0.903. The molecule has 24 heavy (non-hydrogen) atoms. The van der Waals surface area contributed by atoms with Crippen LogP contribution >= 0.6 is 11.7 Å². The van der Waals surface area contributed by atoms with Crippen molar-refractivity contribution in [2.75, 3.05) is 18.0 Å². The number of carbonyl (C=O) groups is 1. The van der Waals surface area contributed by atoms with E-state index in [0.29, 0.717) is 31.4 Å². The molecule has 0 spiro atoms. The van der Waals surface area contributed by atoms with Crippen LogP contribution < -0.4 is 9.64 Å². The molecule has 1 N–H and O–H groups in total. The molecule has 1 saturated heterocycles. The molecule has 8 nitrogen and oxygen atoms in total. The number of ether oxygens (including phenoxy) is 1. The van der Waals surface area contributed by atoms with Crippen molar-refractivity contribution in [3.8, 4) is 5.88 Å². The number of hydrogen-bond acceptors (Lipinski definition) is 7. The fraction of sp³-hybridized carbons (Fsp3) is 0.467. The molecule has 2 aromatic rings. The minimum Gasteiger partial charge on any atom is -0.470 e. The van der Waals surface area contributed by atoms with Crippen LogP contribution in [0.15, 0.2) is 24.5 Å². The molecule has 1 aliphatic heterocycles. The summed E-state index contributed by atoms with van der Waals surface area (Å²) in [4.78, 5) is 18.8. The van der Waals surface area contributed by atoms with Crippen molar-refractivity contribution in [2.24, 2.45) is 0 Å². The lowest BCUT2D eigenvalue weighted by Gasteiger charge is -2.42. The molecule has 3 heterocycles. The molecular weight excluding hydrogens is 330 g/mol. The van der Waals surface area contributed by atoms with Gasteiger partial charge in [-0.3, -0.25) is 9.88 Å². The SMILES string of the molecule is CC1CN(c2nsnc2OCc2ccncc2)CC(C)N1C(=O)O. The van der Waals surface area contributed by atoms with Crippen LogP contribution in [0.4, 0.5) is 10.6 Å². The van der Waals surface area contributed by atoms with Gasteiger partial charge in [0.2, 0.25) is 5.82 Å². The van der Waals surface area contributed by atoms with Crippen molar-refractivity contribution < 1.29 is 14.6 Å². The number of rotatable bonds is 4. The molecule has 2 atom stereocenters. The van der Waals surface area contributed by atoms with Gasteiger partial charge in [-0.1, -0.05) is 0 Å². The van der Waals surface area contributed by atoms with Crippen LogP contribution in [0.1, 0.15) is 19.4 Å². The number of anilines is 1. The van der Waals surface area contributed by atoms with Gasteiger partial charge in [-0.25, -0.2) is 4.79 Å². The Morgan fingerprint density at radius 2 is 1.96 bits per heavy atom. The van der Waals surface area contributed by atoms with Crippen molar-refractivity contribution in [3.63, 3.8) is 0 Å². The monoisotopic (exact) mass is 349 g/mol. The topological polar surface area (TPSA) is 91.7 Å². The van der Waals surface area contributed by atoms with Gasteiger partial charge in [0.25, 0.3) is 5.88 Å². The van der Waals surface area contributed by atoms with Crippen LogP contribution in [0.25, 0.3) is 0 Å². The first kappa shape index (κ1) is 16.4. The second-order valence-corrected chi connectivity index (χ2v) is 6.36. The maximum Gasteiger partial charge on any atom is 0.407 e. The molecule has 1 fully saturated rings. The van der Waals surface area contributed by atoms with E-state index in [9.17, 15) is 9.90 Å². The third kappa shape index (κ3) is 3.40. The molecule has 0 aromatic carbocycles. The summed E-state index contributed by atoms with van der Waals surface area (Å²) in [7, 11) is 0. The largest absolute Gasteiger partial charge is 0.470 e. The highest BCUT2D eigenvalue weighted by atomic mass is 32.1. The highest BCUT2D eigenvalue weighted by molar-refractivity contribution is 6.99. The summed E-state index contributed by atoms with van der Waals surface area (Å²) >= 11 is 1.10. The molecule has 1 amide bonds. The van der Waals surface area contributed by atoms with Crippen molar-refractivity contribution in [3.05, 3.63) is 30.1 Å². The summed E-state index contributed by atoms with van der Waals surface area (Å²) in [5, 5.41) is 9.31. The van der Waals surface area contributed by atoms with Crippen LogP contribution in [0.2, 0.25) is 0 Å². The Bertz CT molecular complexity index is 683. The maximum absolute atomic E-state index is 11.3. The molecule has 9 heteroatoms. The number of hydrogen-bond donors (Lipinski definition) is 1. The molecule has 3 rings (SSSR count). The number of piperazine rings is 1. The van der Waals surface area contributed by atoms with Crippen molar-refractivity contribution in [1.82, 2.24) is 18.6 Å². The number of carboxylic acid groups (broad SMARTS) is 1. The first-order valence-corrected chi connectivity index (χ1v) is 8.39. The zero-order valence-corrected chi connectivity index (χ0v) is 14.3. The Labute approximate surface area is 144 Å². The van der Waals surface area contributed by atoms with Gasteiger partial charge in [-0.05, 0) is 31.5 Å². The fourth-order valence-electron chi connectivity index (χ4n) is 2.96. The van der Waals surface area contributed by atoms with Gasteiger partial charge in [0.1, 0.15) is 6.61 Å². The summed E-state index contributed by atoms with van der Waals surface area (Å²) in [6.45, 7) is 5.31. The molecule has 0 saturated carbocycles. The Morgan fingerprint density at radius 1 is 1.29 bits per heavy atom. The van der Waals surface area contributed by atoms with Crippen molar-refractivity contribution in [1.29, 1.82) is 0 Å². The van der Waals surface area contributed by atoms with Gasteiger partial charge in [0.05, 0.1) is 23.8 Å². The summed E-state index contributed by atoms with van der Waals surface area (Å²) < 4.78 is 14.4. The summed E-state index contributed by atoms with van der Waals surface area (Å²) in [6.07, 6.45) is 2.54. The van der Waals surface area contributed by atoms with Crippen LogP contribution in [0, 0.1) is 0 Å². The molecular formula is C15H19N5O3S. The molecule has 0 radical (unpaired) electrons. The van der Waals surface area contributed by atoms with E-state index in [0.717, 1.165) is 17.3 Å². The first-order chi connectivity index (χ1) is 11.6. The molecule has 128 valence electrons. The van der Waals surface area contributed by atoms with Crippen LogP contribution in [-0.2, 0) is 6.61 Å². The van der Waals surface area contributed by atoms with Crippen molar-refractivity contribution >= 4 is 23.6 Å². The van der Waals surface area contributed by atoms with Crippen molar-refractivity contribution in [2.45, 2.75) is 32.5 Å². The Kier molecular flexibility index (Phi) is 4.79. The number of nitrogens with zero attached hydrogens (tertiary/aromatic N) is 5. The van der Waals surface area contributed by atoms with Crippen LogP contribution in [-0.4, -0.2) is 55.0 Å². The van der Waals surface area contributed by atoms with E-state index in [-0.39, 0.29) is 12.1 Å². The van der Waals surface area contributed by atoms with Gasteiger partial charge in [0.15, 0.2) is 0 Å². The Hall–Kier alpha value is -2.42. The lowest BCUT2D eigenvalue weighted by molar-refractivity contribution is 0.0979. The van der Waals surface area contributed by atoms with Gasteiger partial charge in [-0.15, -0.1) is 4.37 Å². The van der Waals surface area contributed by atoms with E-state index in [1.807, 2.05) is 30.9 Å². The highest BCUT2D eigenvalue weighted by Gasteiger charge is 2.34. The number of amides is 1. The number of pyridine rings is 1. The smallest absolute Gasteiger partial charge is 0.407 e. The second-order valence-electron chi connectivity index (χ2n) is 5.83. The van der Waals surface area contributed by atoms with E-state index in [1.54, 1.807) is 12.4 Å². The van der Waals surface area contributed by atoms with Gasteiger partial charge in [-0.2, -0.15) is 4.37 Å². The highest BCUT2D eigenvalue weighted by Crippen LogP contribution is 2.29. The minimum absolute atomic E-state index is 0.124. The van der Waals surface area contributed by atoms with Gasteiger partial charge in [0, 0.05) is 25.5 Å². The first-order valence-electron chi connectivity index (χ1n) is 7.66. The molecule has 0 aliphatic carbocycles. The maximum atomic E-state index is 11.3. The van der Waals surface area contributed by atoms with E-state index >= 15 is 0 Å². The summed E-state index contributed by atoms with van der Waals surface area (Å²) in [5.41, 5.74) is 1.00. The zero-order valence-electron chi connectivity index (χ0n) is 13.5. The lowest BCUT2D eigenvalue weighted by atomic mass is 10.1. The van der Waals surface area contributed by atoms with Gasteiger partial charge < -0.3 is 14.7 Å². The van der Waals surface area contributed by atoms with E-state index < -0.39 is 6.09 Å². The summed E-state index contributed by atoms with van der Waals surface area (Å²) in [6, 6.07) is 3.52. The molecule has 1 aliphatic rings. The zero-order chi connectivity index (χ0) is 17.1. The second kappa shape index (κ2) is 7.00. The average Bonchev–Trinajstić information content (AvgIpc) is 3.01. The third-order valence-electron chi connectivity index (χ3n) is 4.01. The van der Waals surface area contributed by atoms with E-state index in [1.165, 1.54) is 4.90 Å².